The Labute approximate surface area is 191 Å². The second-order valence-electron chi connectivity index (χ2n) is 7.91. The Balaban J connectivity index is 1.72. The van der Waals surface area contributed by atoms with Crippen LogP contribution in [-0.2, 0) is 9.53 Å². The van der Waals surface area contributed by atoms with E-state index in [-0.39, 0.29) is 23.7 Å². The van der Waals surface area contributed by atoms with E-state index in [1.54, 1.807) is 31.3 Å². The third kappa shape index (κ3) is 4.39. The molecule has 1 aliphatic rings. The first-order valence-corrected chi connectivity index (χ1v) is 10.5. The smallest absolute Gasteiger partial charge is 0.356 e. The quantitative estimate of drug-likeness (QED) is 0.607. The molecule has 0 saturated heterocycles. The van der Waals surface area contributed by atoms with Crippen molar-refractivity contribution in [2.24, 2.45) is 0 Å². The number of ether oxygens (including phenoxy) is 1. The van der Waals surface area contributed by atoms with Gasteiger partial charge in [-0.3, -0.25) is 4.79 Å². The van der Waals surface area contributed by atoms with Gasteiger partial charge in [0.25, 0.3) is 0 Å². The minimum absolute atomic E-state index is 0.00209. The average Bonchev–Trinajstić information content (AvgIpc) is 2.83. The molecule has 0 bridgehead atoms. The molecular weight excluding hydrogens is 418 g/mol. The Morgan fingerprint density at radius 1 is 1.12 bits per heavy atom. The molecule has 0 spiro atoms. The van der Waals surface area contributed by atoms with E-state index in [9.17, 15) is 9.59 Å². The van der Waals surface area contributed by atoms with E-state index in [0.717, 1.165) is 22.4 Å². The molecule has 2 unspecified atom stereocenters. The number of benzene rings is 1. The van der Waals surface area contributed by atoms with Gasteiger partial charge >= 0.3 is 5.97 Å². The fraction of sp³-hybridized carbons (Fsp3) is 0.240. The lowest BCUT2D eigenvalue weighted by Crippen LogP contribution is -2.43. The van der Waals surface area contributed by atoms with E-state index in [1.165, 1.54) is 13.3 Å². The van der Waals surface area contributed by atoms with Gasteiger partial charge in [-0.15, -0.1) is 0 Å². The number of rotatable bonds is 4. The number of aromatic nitrogens is 2. The Morgan fingerprint density at radius 2 is 1.91 bits per heavy atom. The molecule has 3 aromatic rings. The van der Waals surface area contributed by atoms with Crippen LogP contribution in [0.4, 0.5) is 11.5 Å². The van der Waals surface area contributed by atoms with Crippen molar-refractivity contribution < 1.29 is 14.3 Å². The molecule has 33 heavy (non-hydrogen) atoms. The lowest BCUT2D eigenvalue weighted by molar-refractivity contribution is -0.117. The number of esters is 1. The number of methoxy groups -OCH3 is 1. The van der Waals surface area contributed by atoms with E-state index in [2.05, 4.69) is 21.4 Å². The highest BCUT2D eigenvalue weighted by Crippen LogP contribution is 2.41. The Bertz CT molecular complexity index is 1230. The van der Waals surface area contributed by atoms with Gasteiger partial charge in [-0.05, 0) is 54.8 Å². The summed E-state index contributed by atoms with van der Waals surface area (Å²) in [7, 11) is 1.32. The predicted molar refractivity (Wildman–Crippen MR) is 124 cm³/mol. The number of amides is 1. The van der Waals surface area contributed by atoms with Crippen molar-refractivity contribution in [3.63, 3.8) is 0 Å². The van der Waals surface area contributed by atoms with Crippen molar-refractivity contribution in [2.45, 2.75) is 32.4 Å². The summed E-state index contributed by atoms with van der Waals surface area (Å²) < 4.78 is 4.71. The van der Waals surface area contributed by atoms with Crippen LogP contribution in [-0.4, -0.2) is 35.0 Å². The molecule has 4 rings (SSSR count). The van der Waals surface area contributed by atoms with Crippen LogP contribution < -0.4 is 10.2 Å². The fourth-order valence-corrected chi connectivity index (χ4v) is 4.17. The molecule has 166 valence electrons. The molecular formula is C25H23N5O3. The molecule has 1 N–H and O–H groups in total. The first-order valence-electron chi connectivity index (χ1n) is 10.5. The maximum absolute atomic E-state index is 12.4. The van der Waals surface area contributed by atoms with Crippen LogP contribution in [0.1, 0.15) is 47.9 Å². The van der Waals surface area contributed by atoms with Crippen LogP contribution in [0.15, 0.2) is 54.9 Å². The number of fused-ring (bicyclic) bond motifs is 1. The standard InChI is InChI=1S/C25H23N5O3/c1-15-10-22(29-24-9-4-17(12-26)13-28-24)20-11-18(6-8-23(20)30(15)16(2)31)19-5-7-21(27-14-19)25(32)33-3/h4-9,11,13-15,22H,10H2,1-3H3,(H,28,29). The molecule has 0 radical (unpaired) electrons. The van der Waals surface area contributed by atoms with Crippen LogP contribution in [0, 0.1) is 11.3 Å². The Morgan fingerprint density at radius 3 is 2.52 bits per heavy atom. The van der Waals surface area contributed by atoms with Gasteiger partial charge in [-0.25, -0.2) is 14.8 Å². The minimum atomic E-state index is -0.489. The van der Waals surface area contributed by atoms with E-state index >= 15 is 0 Å². The molecule has 8 nitrogen and oxygen atoms in total. The number of carbonyl (C=O) groups excluding carboxylic acids is 2. The lowest BCUT2D eigenvalue weighted by Gasteiger charge is -2.39. The SMILES string of the molecule is COC(=O)c1ccc(-c2ccc3c(c2)C(Nc2ccc(C#N)cn2)CC(C)N3C(C)=O)cn1. The number of hydrogen-bond acceptors (Lipinski definition) is 7. The normalized spacial score (nSPS) is 17.0. The van der Waals surface area contributed by atoms with Crippen molar-refractivity contribution in [3.8, 4) is 17.2 Å². The van der Waals surface area contributed by atoms with Gasteiger partial charge < -0.3 is 15.0 Å². The topological polar surface area (TPSA) is 108 Å². The number of pyridine rings is 2. The summed E-state index contributed by atoms with van der Waals surface area (Å²) in [6, 6.07) is 14.8. The fourth-order valence-electron chi connectivity index (χ4n) is 4.17. The molecule has 1 aromatic carbocycles. The average molecular weight is 441 g/mol. The van der Waals surface area contributed by atoms with Crippen LogP contribution in [0.25, 0.3) is 11.1 Å². The summed E-state index contributed by atoms with van der Waals surface area (Å²) in [6.07, 6.45) is 3.85. The van der Waals surface area contributed by atoms with Crippen molar-refractivity contribution in [2.75, 3.05) is 17.3 Å². The number of nitrogens with zero attached hydrogens (tertiary/aromatic N) is 4. The van der Waals surface area contributed by atoms with Gasteiger partial charge in [0.1, 0.15) is 17.6 Å². The van der Waals surface area contributed by atoms with Crippen molar-refractivity contribution >= 4 is 23.4 Å². The Kier molecular flexibility index (Phi) is 6.05. The zero-order valence-corrected chi connectivity index (χ0v) is 18.6. The second-order valence-corrected chi connectivity index (χ2v) is 7.91. The number of carbonyl (C=O) groups is 2. The van der Waals surface area contributed by atoms with Crippen LogP contribution in [0.3, 0.4) is 0 Å². The molecule has 8 heteroatoms. The Hall–Kier alpha value is -4.25. The number of anilines is 2. The first kappa shape index (κ1) is 22.0. The molecule has 2 aromatic heterocycles. The van der Waals surface area contributed by atoms with Crippen molar-refractivity contribution in [1.82, 2.24) is 9.97 Å². The predicted octanol–water partition coefficient (Wildman–Crippen LogP) is 4.10. The summed E-state index contributed by atoms with van der Waals surface area (Å²) in [5.74, 6) is 0.149. The second kappa shape index (κ2) is 9.09. The zero-order chi connectivity index (χ0) is 23.5. The monoisotopic (exact) mass is 441 g/mol. The molecule has 2 atom stereocenters. The van der Waals surface area contributed by atoms with Gasteiger partial charge in [0.05, 0.1) is 18.7 Å². The molecule has 1 aliphatic heterocycles. The maximum Gasteiger partial charge on any atom is 0.356 e. The van der Waals surface area contributed by atoms with Gasteiger partial charge in [-0.2, -0.15) is 5.26 Å². The lowest BCUT2D eigenvalue weighted by atomic mass is 9.89. The largest absolute Gasteiger partial charge is 0.464 e. The van der Waals surface area contributed by atoms with Gasteiger partial charge in [-0.1, -0.05) is 12.1 Å². The van der Waals surface area contributed by atoms with Crippen molar-refractivity contribution in [1.29, 1.82) is 5.26 Å². The van der Waals surface area contributed by atoms with E-state index in [0.29, 0.717) is 17.8 Å². The van der Waals surface area contributed by atoms with Gasteiger partial charge in [0.15, 0.2) is 0 Å². The van der Waals surface area contributed by atoms with Gasteiger partial charge in [0.2, 0.25) is 5.91 Å². The summed E-state index contributed by atoms with van der Waals surface area (Å²) in [5.41, 5.74) is 4.29. The molecule has 0 saturated carbocycles. The zero-order valence-electron chi connectivity index (χ0n) is 18.6. The summed E-state index contributed by atoms with van der Waals surface area (Å²) in [4.78, 5) is 34.4. The summed E-state index contributed by atoms with van der Waals surface area (Å²) >= 11 is 0. The minimum Gasteiger partial charge on any atom is -0.464 e. The molecule has 3 heterocycles. The first-order chi connectivity index (χ1) is 15.9. The van der Waals surface area contributed by atoms with E-state index in [1.807, 2.05) is 36.1 Å². The maximum atomic E-state index is 12.4. The van der Waals surface area contributed by atoms with Crippen LogP contribution in [0.5, 0.6) is 0 Å². The highest BCUT2D eigenvalue weighted by atomic mass is 16.5. The molecule has 0 fully saturated rings. The molecule has 0 aliphatic carbocycles. The highest BCUT2D eigenvalue weighted by Gasteiger charge is 2.32. The van der Waals surface area contributed by atoms with E-state index in [4.69, 9.17) is 10.00 Å². The third-order valence-electron chi connectivity index (χ3n) is 5.73. The number of nitriles is 1. The van der Waals surface area contributed by atoms with Crippen LogP contribution in [0.2, 0.25) is 0 Å². The molecule has 1 amide bonds. The van der Waals surface area contributed by atoms with Crippen molar-refractivity contribution in [3.05, 3.63) is 71.7 Å². The van der Waals surface area contributed by atoms with Gasteiger partial charge in [0, 0.05) is 36.6 Å². The van der Waals surface area contributed by atoms with Crippen LogP contribution >= 0.6 is 0 Å². The number of nitrogens with one attached hydrogen (secondary N) is 1. The number of hydrogen-bond donors (Lipinski definition) is 1. The van der Waals surface area contributed by atoms with E-state index < -0.39 is 5.97 Å². The summed E-state index contributed by atoms with van der Waals surface area (Å²) in [6.45, 7) is 3.59. The summed E-state index contributed by atoms with van der Waals surface area (Å²) in [5, 5.41) is 12.5. The highest BCUT2D eigenvalue weighted by molar-refractivity contribution is 5.94. The third-order valence-corrected chi connectivity index (χ3v) is 5.73.